The van der Waals surface area contributed by atoms with Crippen molar-refractivity contribution in [3.8, 4) is 78.3 Å². The van der Waals surface area contributed by atoms with E-state index in [1.165, 1.54) is 34.6 Å². The van der Waals surface area contributed by atoms with Crippen molar-refractivity contribution in [1.82, 2.24) is 15.0 Å². The maximum atomic E-state index is 7.68. The molecule has 0 fully saturated rings. The van der Waals surface area contributed by atoms with Crippen LogP contribution in [0.4, 0.5) is 0 Å². The summed E-state index contributed by atoms with van der Waals surface area (Å²) in [7, 11) is 0. The minimum atomic E-state index is -2.20. The van der Waals surface area contributed by atoms with E-state index in [2.05, 4.69) is 156 Å². The monoisotopic (exact) mass is 1050 g/mol. The molecular weight excluding hydrogens is 991 g/mol. The van der Waals surface area contributed by atoms with Crippen LogP contribution in [0.15, 0.2) is 207 Å². The van der Waals surface area contributed by atoms with Gasteiger partial charge in [-0.15, -0.1) is 101 Å². The molecule has 324 valence electrons. The fourth-order valence-corrected chi connectivity index (χ4v) is 8.42. The third-order valence-electron chi connectivity index (χ3n) is 12.0. The second-order valence-electron chi connectivity index (χ2n) is 16.5. The first-order valence-corrected chi connectivity index (χ1v) is 22.2. The molecule has 0 aliphatic rings. The predicted molar refractivity (Wildman–Crippen MR) is 272 cm³/mol. The Balaban J connectivity index is 0.00000656. The zero-order valence-electron chi connectivity index (χ0n) is 42.6. The number of hydrogen-bond donors (Lipinski definition) is 0. The molecule has 0 saturated heterocycles. The predicted octanol–water partition coefficient (Wildman–Crippen LogP) is 15.1. The normalized spacial score (nSPS) is 12.7. The Kier molecular flexibility index (Phi) is 11.8. The van der Waals surface area contributed by atoms with Crippen LogP contribution >= 0.6 is 0 Å². The first-order chi connectivity index (χ1) is 34.9. The van der Waals surface area contributed by atoms with Crippen LogP contribution in [0.2, 0.25) is 0 Å². The Hall–Kier alpha value is -7.36. The van der Waals surface area contributed by atoms with Gasteiger partial charge in [0, 0.05) is 26.8 Å². The summed E-state index contributed by atoms with van der Waals surface area (Å²) >= 11 is 0. The van der Waals surface area contributed by atoms with Gasteiger partial charge in [-0.3, -0.25) is 0 Å². The first-order valence-electron chi connectivity index (χ1n) is 25.2. The number of pyridine rings is 3. The summed E-state index contributed by atoms with van der Waals surface area (Å²) in [6, 6.07) is 74.2. The van der Waals surface area contributed by atoms with Gasteiger partial charge in [-0.25, -0.2) is 0 Å². The van der Waals surface area contributed by atoms with Gasteiger partial charge >= 0.3 is 20.1 Å². The molecule has 67 heavy (non-hydrogen) atoms. The van der Waals surface area contributed by atoms with Crippen LogP contribution in [-0.4, -0.2) is 15.0 Å². The van der Waals surface area contributed by atoms with Crippen LogP contribution in [0.5, 0.6) is 0 Å². The standard InChI is InChI=1S/C63H48N3.Ir/c1-44-12-34-61(65-42-44)54-22-18-46(19-23-54)14-16-48-38-49(17-15-47-20-24-55(25-21-47)62-35-13-45(2)43-66-62)40-58(39-48)60-11-7-6-10-59(60)53-30-32-56(33-31-53)63-41-57(36-37-64-63)52-28-26-51(27-29-52)50-8-4-3-5-9-50;/h3-13,18-22,24,26-32,34-43H,14-17H2,1-2H3;/q-3;+3/i1D3,2D3;. The van der Waals surface area contributed by atoms with Gasteiger partial charge in [0.1, 0.15) is 0 Å². The molecule has 0 aliphatic heterocycles. The molecule has 7 aromatic carbocycles. The SMILES string of the molecule is [2H]C([2H])([2H])c1ccc(-c2[c-]cc(CCc3cc(CCc4c[c-]c(-c5ccc(C([2H])([2H])[2H])cn5)cc4)cc(-c4ccccc4-c4c[c-]c(-c5cc(-c6ccc(-c7ccccc7)cc6)ccn5)cc4)c3)cc2)nc1.[Ir+3]. The second kappa shape index (κ2) is 20.9. The van der Waals surface area contributed by atoms with Gasteiger partial charge in [-0.1, -0.05) is 151 Å². The molecule has 0 amide bonds. The van der Waals surface area contributed by atoms with E-state index in [1.807, 2.05) is 42.6 Å². The maximum absolute atomic E-state index is 7.68. The van der Waals surface area contributed by atoms with Gasteiger partial charge < -0.3 is 15.0 Å². The molecule has 10 aromatic rings. The summed E-state index contributed by atoms with van der Waals surface area (Å²) in [5.41, 5.74) is 18.9. The molecule has 4 heteroatoms. The minimum Gasteiger partial charge on any atom is -0.305 e. The number of aryl methyl sites for hydroxylation is 6. The van der Waals surface area contributed by atoms with Crippen molar-refractivity contribution < 1.29 is 28.3 Å². The van der Waals surface area contributed by atoms with Gasteiger partial charge in [0.25, 0.3) is 0 Å². The summed E-state index contributed by atoms with van der Waals surface area (Å²) in [5, 5.41) is 0. The first kappa shape index (κ1) is 37.8. The van der Waals surface area contributed by atoms with Crippen LogP contribution < -0.4 is 0 Å². The molecule has 0 bridgehead atoms. The van der Waals surface area contributed by atoms with E-state index in [1.54, 1.807) is 24.3 Å². The van der Waals surface area contributed by atoms with Crippen LogP contribution in [0.25, 0.3) is 78.3 Å². The Morgan fingerprint density at radius 1 is 0.373 bits per heavy atom. The van der Waals surface area contributed by atoms with Crippen molar-refractivity contribution >= 4 is 0 Å². The van der Waals surface area contributed by atoms with Crippen LogP contribution in [0.3, 0.4) is 0 Å². The minimum absolute atomic E-state index is 0. The number of aromatic nitrogens is 3. The third kappa shape index (κ3) is 10.9. The van der Waals surface area contributed by atoms with Crippen molar-refractivity contribution in [2.75, 3.05) is 0 Å². The van der Waals surface area contributed by atoms with Crippen LogP contribution in [0, 0.1) is 31.9 Å². The maximum Gasteiger partial charge on any atom is 3.00 e. The molecule has 0 N–H and O–H groups in total. The van der Waals surface area contributed by atoms with E-state index < -0.39 is 13.7 Å². The van der Waals surface area contributed by atoms with Gasteiger partial charge in [0.15, 0.2) is 0 Å². The Morgan fingerprint density at radius 2 is 0.866 bits per heavy atom. The van der Waals surface area contributed by atoms with E-state index in [4.69, 9.17) is 13.2 Å². The quantitative estimate of drug-likeness (QED) is 0.108. The van der Waals surface area contributed by atoms with Crippen molar-refractivity contribution in [2.24, 2.45) is 0 Å². The van der Waals surface area contributed by atoms with Crippen molar-refractivity contribution in [3.05, 3.63) is 258 Å². The van der Waals surface area contributed by atoms with Gasteiger partial charge in [0.2, 0.25) is 0 Å². The smallest absolute Gasteiger partial charge is 0.305 e. The third-order valence-corrected chi connectivity index (χ3v) is 12.0. The molecule has 0 aliphatic carbocycles. The van der Waals surface area contributed by atoms with Crippen LogP contribution in [-0.2, 0) is 45.8 Å². The summed E-state index contributed by atoms with van der Waals surface area (Å²) in [4.78, 5) is 13.6. The largest absolute Gasteiger partial charge is 3.00 e. The van der Waals surface area contributed by atoms with Crippen LogP contribution in [0.1, 0.15) is 41.6 Å². The molecule has 0 saturated carbocycles. The number of benzene rings is 7. The molecule has 10 rings (SSSR count). The van der Waals surface area contributed by atoms with E-state index in [0.717, 1.165) is 92.6 Å². The van der Waals surface area contributed by atoms with Gasteiger partial charge in [-0.05, 0) is 105 Å². The average Bonchev–Trinajstić information content (AvgIpc) is 3.42. The van der Waals surface area contributed by atoms with Crippen molar-refractivity contribution in [2.45, 2.75) is 39.4 Å². The summed E-state index contributed by atoms with van der Waals surface area (Å²) in [6.07, 6.45) is 7.92. The summed E-state index contributed by atoms with van der Waals surface area (Å²) in [6.45, 7) is -4.40. The number of rotatable bonds is 13. The fourth-order valence-electron chi connectivity index (χ4n) is 8.42. The Morgan fingerprint density at radius 3 is 1.39 bits per heavy atom. The van der Waals surface area contributed by atoms with Gasteiger partial charge in [-0.2, -0.15) is 0 Å². The molecule has 3 aromatic heterocycles. The van der Waals surface area contributed by atoms with Crippen molar-refractivity contribution in [1.29, 1.82) is 0 Å². The zero-order chi connectivity index (χ0) is 49.7. The zero-order valence-corrected chi connectivity index (χ0v) is 39.0. The Labute approximate surface area is 417 Å². The molecule has 3 heterocycles. The number of nitrogens with zero attached hydrogens (tertiary/aromatic N) is 3. The van der Waals surface area contributed by atoms with E-state index in [-0.39, 0.29) is 31.2 Å². The molecular formula is C63H48IrN3. The average molecular weight is 1050 g/mol. The second-order valence-corrected chi connectivity index (χ2v) is 16.5. The molecule has 0 unspecified atom stereocenters. The topological polar surface area (TPSA) is 38.7 Å². The molecule has 0 atom stereocenters. The fraction of sp³-hybridized carbons (Fsp3) is 0.0952. The van der Waals surface area contributed by atoms with Gasteiger partial charge in [0.05, 0.1) is 0 Å². The Bertz CT molecular complexity index is 3310. The molecule has 0 radical (unpaired) electrons. The summed E-state index contributed by atoms with van der Waals surface area (Å²) < 4.78 is 46.1. The van der Waals surface area contributed by atoms with E-state index in [9.17, 15) is 0 Å². The molecule has 0 spiro atoms. The van der Waals surface area contributed by atoms with E-state index in [0.29, 0.717) is 11.4 Å². The summed E-state index contributed by atoms with van der Waals surface area (Å²) in [5.74, 6) is 0. The molecule has 3 nitrogen and oxygen atoms in total. The van der Waals surface area contributed by atoms with E-state index >= 15 is 0 Å². The number of hydrogen-bond acceptors (Lipinski definition) is 3. The van der Waals surface area contributed by atoms with Crippen molar-refractivity contribution in [3.63, 3.8) is 0 Å².